The molecule has 10 rings (SSSR count). The molecule has 0 fully saturated rings. The summed E-state index contributed by atoms with van der Waals surface area (Å²) in [5, 5.41) is 1.17. The normalized spacial score (nSPS) is 16.0. The number of nitrogens with zero attached hydrogens (tertiary/aromatic N) is 2. The molecule has 0 radical (unpaired) electrons. The van der Waals surface area contributed by atoms with Crippen LogP contribution in [0.4, 0.5) is 0 Å². The molecule has 1 spiro atoms. The maximum absolute atomic E-state index is 6.67. The molecular weight excluding hydrogens is 524 g/mol. The fourth-order valence-corrected chi connectivity index (χ4v) is 7.79. The van der Waals surface area contributed by atoms with Gasteiger partial charge in [-0.3, -0.25) is 4.57 Å². The Morgan fingerprint density at radius 1 is 0.558 bits per heavy atom. The van der Waals surface area contributed by atoms with Gasteiger partial charge in [-0.15, -0.1) is 0 Å². The molecule has 1 unspecified atom stereocenters. The van der Waals surface area contributed by atoms with Gasteiger partial charge in [0.1, 0.15) is 17.2 Å². The zero-order valence-electron chi connectivity index (χ0n) is 23.2. The number of hydrogen-bond acceptors (Lipinski definition) is 2. The van der Waals surface area contributed by atoms with Crippen molar-refractivity contribution in [3.05, 3.63) is 168 Å². The van der Waals surface area contributed by atoms with Gasteiger partial charge in [0.15, 0.2) is 0 Å². The van der Waals surface area contributed by atoms with E-state index < -0.39 is 5.41 Å². The summed E-state index contributed by atoms with van der Waals surface area (Å²) in [4.78, 5) is 5.22. The van der Waals surface area contributed by atoms with Gasteiger partial charge in [-0.2, -0.15) is 0 Å². The summed E-state index contributed by atoms with van der Waals surface area (Å²) in [6, 6.07) is 52.0. The van der Waals surface area contributed by atoms with Crippen LogP contribution in [0.15, 0.2) is 150 Å². The number of aromatic nitrogens is 2. The van der Waals surface area contributed by atoms with Gasteiger partial charge in [0.05, 0.1) is 16.4 Å². The van der Waals surface area contributed by atoms with Crippen molar-refractivity contribution >= 4 is 22.0 Å². The van der Waals surface area contributed by atoms with Crippen LogP contribution in [0.5, 0.6) is 0 Å². The molecule has 43 heavy (non-hydrogen) atoms. The minimum atomic E-state index is -0.496. The van der Waals surface area contributed by atoms with Crippen molar-refractivity contribution in [1.29, 1.82) is 0 Å². The average molecular weight is 549 g/mol. The first-order valence-electron chi connectivity index (χ1n) is 14.7. The molecule has 2 aliphatic rings. The summed E-state index contributed by atoms with van der Waals surface area (Å²) >= 11 is 0. The van der Waals surface area contributed by atoms with E-state index in [9.17, 15) is 0 Å². The largest absolute Gasteiger partial charge is 0.456 e. The molecule has 0 amide bonds. The van der Waals surface area contributed by atoms with Crippen molar-refractivity contribution in [3.8, 4) is 39.5 Å². The number of imidazole rings is 1. The Hall–Kier alpha value is -5.67. The highest BCUT2D eigenvalue weighted by Gasteiger charge is 2.54. The summed E-state index contributed by atoms with van der Waals surface area (Å²) in [5.41, 5.74) is 13.5. The van der Waals surface area contributed by atoms with Crippen molar-refractivity contribution in [1.82, 2.24) is 9.55 Å². The predicted octanol–water partition coefficient (Wildman–Crippen LogP) is 9.78. The molecule has 2 aromatic heterocycles. The molecule has 3 nitrogen and oxygen atoms in total. The number of para-hydroxylation sites is 4. The number of furan rings is 1. The third kappa shape index (κ3) is 2.81. The quantitative estimate of drug-likeness (QED) is 0.215. The fourth-order valence-electron chi connectivity index (χ4n) is 7.79. The minimum Gasteiger partial charge on any atom is -0.456 e. The number of fused-ring (bicyclic) bond motifs is 13. The van der Waals surface area contributed by atoms with Gasteiger partial charge in [-0.25, -0.2) is 4.98 Å². The SMILES string of the molecule is c1ccc(-n2c(-c3ccc4c(c3)C3(c5ccccc5-4)c4ccccc4-c4oc5ccccc5c43)nc3ccccc32)cc1. The number of hydrogen-bond donors (Lipinski definition) is 0. The topological polar surface area (TPSA) is 31.0 Å². The van der Waals surface area contributed by atoms with E-state index in [0.717, 1.165) is 39.5 Å². The third-order valence-corrected chi connectivity index (χ3v) is 9.42. The summed E-state index contributed by atoms with van der Waals surface area (Å²) < 4.78 is 8.95. The molecule has 0 bridgehead atoms. The smallest absolute Gasteiger partial charge is 0.145 e. The molecule has 8 aromatic rings. The van der Waals surface area contributed by atoms with Crippen LogP contribution in [-0.2, 0) is 5.41 Å². The zero-order valence-corrected chi connectivity index (χ0v) is 23.2. The highest BCUT2D eigenvalue weighted by atomic mass is 16.3. The summed E-state index contributed by atoms with van der Waals surface area (Å²) in [7, 11) is 0. The van der Waals surface area contributed by atoms with Crippen LogP contribution in [0.3, 0.4) is 0 Å². The number of rotatable bonds is 2. The Morgan fingerprint density at radius 3 is 2.12 bits per heavy atom. The first-order chi connectivity index (χ1) is 21.3. The molecule has 200 valence electrons. The standard InChI is InChI=1S/C40H24N2O/c1-2-12-26(13-3-1)42-35-20-10-9-19-34(35)41-39(42)25-22-23-28-27-14-4-7-17-31(27)40(33(28)24-25)32-18-8-5-15-29(32)38-37(40)30-16-6-11-21-36(30)43-38/h1-24H. The second-order valence-electron chi connectivity index (χ2n) is 11.5. The first kappa shape index (κ1) is 23.0. The summed E-state index contributed by atoms with van der Waals surface area (Å²) in [6.45, 7) is 0. The lowest BCUT2D eigenvalue weighted by Crippen LogP contribution is -2.25. The lowest BCUT2D eigenvalue weighted by atomic mass is 9.70. The molecule has 0 saturated carbocycles. The van der Waals surface area contributed by atoms with Gasteiger partial charge >= 0.3 is 0 Å². The Balaban J connectivity index is 1.33. The molecule has 0 aliphatic heterocycles. The zero-order chi connectivity index (χ0) is 28.1. The van der Waals surface area contributed by atoms with Gasteiger partial charge < -0.3 is 4.42 Å². The van der Waals surface area contributed by atoms with Gasteiger partial charge in [-0.1, -0.05) is 109 Å². The Kier molecular flexibility index (Phi) is 4.38. The highest BCUT2D eigenvalue weighted by Crippen LogP contribution is 2.65. The summed E-state index contributed by atoms with van der Waals surface area (Å²) in [5.74, 6) is 1.91. The van der Waals surface area contributed by atoms with Crippen molar-refractivity contribution < 1.29 is 4.42 Å². The number of benzene rings is 6. The summed E-state index contributed by atoms with van der Waals surface area (Å²) in [6.07, 6.45) is 0. The average Bonchev–Trinajstić information content (AvgIpc) is 3.80. The molecular formula is C40H24N2O. The molecule has 0 N–H and O–H groups in total. The van der Waals surface area contributed by atoms with Crippen LogP contribution < -0.4 is 0 Å². The van der Waals surface area contributed by atoms with Gasteiger partial charge in [0, 0.05) is 27.8 Å². The van der Waals surface area contributed by atoms with E-state index in [2.05, 4.69) is 150 Å². The van der Waals surface area contributed by atoms with E-state index in [1.807, 2.05) is 0 Å². The van der Waals surface area contributed by atoms with Crippen LogP contribution in [0.2, 0.25) is 0 Å². The van der Waals surface area contributed by atoms with Crippen molar-refractivity contribution in [3.63, 3.8) is 0 Å². The van der Waals surface area contributed by atoms with Gasteiger partial charge in [0.2, 0.25) is 0 Å². The molecule has 2 aliphatic carbocycles. The second-order valence-corrected chi connectivity index (χ2v) is 11.5. The molecule has 6 aromatic carbocycles. The molecule has 0 saturated heterocycles. The Morgan fingerprint density at radius 2 is 1.23 bits per heavy atom. The van der Waals surface area contributed by atoms with Crippen LogP contribution in [-0.4, -0.2) is 9.55 Å². The van der Waals surface area contributed by atoms with Crippen LogP contribution in [0, 0.1) is 0 Å². The lowest BCUT2D eigenvalue weighted by molar-refractivity contribution is 0.628. The minimum absolute atomic E-state index is 0.496. The monoisotopic (exact) mass is 548 g/mol. The van der Waals surface area contributed by atoms with E-state index in [0.29, 0.717) is 0 Å². The van der Waals surface area contributed by atoms with Crippen molar-refractivity contribution in [2.45, 2.75) is 5.41 Å². The molecule has 1 atom stereocenters. The van der Waals surface area contributed by atoms with Crippen LogP contribution in [0.25, 0.3) is 61.5 Å². The van der Waals surface area contributed by atoms with Crippen molar-refractivity contribution in [2.75, 3.05) is 0 Å². The van der Waals surface area contributed by atoms with Gasteiger partial charge in [0.25, 0.3) is 0 Å². The van der Waals surface area contributed by atoms with E-state index >= 15 is 0 Å². The van der Waals surface area contributed by atoms with Crippen molar-refractivity contribution in [2.24, 2.45) is 0 Å². The molecule has 3 heteroatoms. The maximum Gasteiger partial charge on any atom is 0.145 e. The first-order valence-corrected chi connectivity index (χ1v) is 14.7. The second kappa shape index (κ2) is 8.21. The Bertz CT molecular complexity index is 2410. The van der Waals surface area contributed by atoms with E-state index in [4.69, 9.17) is 9.40 Å². The van der Waals surface area contributed by atoms with Gasteiger partial charge in [-0.05, 0) is 64.2 Å². The Labute approximate surface area is 248 Å². The van der Waals surface area contributed by atoms with Crippen LogP contribution >= 0.6 is 0 Å². The highest BCUT2D eigenvalue weighted by molar-refractivity contribution is 6.02. The van der Waals surface area contributed by atoms with E-state index in [1.54, 1.807) is 0 Å². The van der Waals surface area contributed by atoms with E-state index in [-0.39, 0.29) is 0 Å². The third-order valence-electron chi connectivity index (χ3n) is 9.42. The lowest BCUT2D eigenvalue weighted by Gasteiger charge is -2.30. The molecule has 2 heterocycles. The van der Waals surface area contributed by atoms with Crippen LogP contribution in [0.1, 0.15) is 22.3 Å². The van der Waals surface area contributed by atoms with E-state index in [1.165, 1.54) is 44.3 Å². The fraction of sp³-hybridized carbons (Fsp3) is 0.0250. The predicted molar refractivity (Wildman–Crippen MR) is 173 cm³/mol. The maximum atomic E-state index is 6.67.